The number of anilines is 1. The molecule has 0 heterocycles. The molecule has 0 bridgehead atoms. The number of amides is 3. The number of nitrogens with one attached hydrogen (secondary N) is 4. The number of nitrogens with zero attached hydrogens (tertiary/aromatic N) is 1. The van der Waals surface area contributed by atoms with E-state index in [0.717, 1.165) is 0 Å². The highest BCUT2D eigenvalue weighted by molar-refractivity contribution is 7.80. The molecule has 0 unspecified atom stereocenters. The smallest absolute Gasteiger partial charge is 0.282 e. The zero-order chi connectivity index (χ0) is 23.0. The largest absolute Gasteiger partial charge is 0.326 e. The third-order valence-electron chi connectivity index (χ3n) is 4.01. The Balaban J connectivity index is 1.77. The summed E-state index contributed by atoms with van der Waals surface area (Å²) in [4.78, 5) is 46.3. The number of rotatable bonds is 6. The molecule has 0 atom stereocenters. The van der Waals surface area contributed by atoms with Crippen LogP contribution in [0.25, 0.3) is 0 Å². The highest BCUT2D eigenvalue weighted by Crippen LogP contribution is 2.23. The van der Waals surface area contributed by atoms with E-state index in [9.17, 15) is 24.5 Å². The Morgan fingerprint density at radius 3 is 2.42 bits per heavy atom. The maximum Gasteiger partial charge on any atom is 0.282 e. The first kappa shape index (κ1) is 23.7. The van der Waals surface area contributed by atoms with Crippen LogP contribution in [0, 0.1) is 17.0 Å². The molecule has 0 radical (unpaired) electrons. The lowest BCUT2D eigenvalue weighted by molar-refractivity contribution is -0.385. The fraction of sp³-hybridized carbons (Fsp3) is 0.158. The van der Waals surface area contributed by atoms with Crippen molar-refractivity contribution in [3.05, 3.63) is 68.7 Å². The van der Waals surface area contributed by atoms with Gasteiger partial charge in [0.15, 0.2) is 5.11 Å². The van der Waals surface area contributed by atoms with Crippen molar-refractivity contribution in [3.8, 4) is 0 Å². The first-order valence-corrected chi connectivity index (χ1v) is 9.66. The molecule has 162 valence electrons. The Morgan fingerprint density at radius 2 is 1.71 bits per heavy atom. The summed E-state index contributed by atoms with van der Waals surface area (Å²) in [5, 5.41) is 16.1. The second-order valence-electron chi connectivity index (χ2n) is 6.19. The fourth-order valence-corrected chi connectivity index (χ4v) is 2.72. The number of nitro groups is 1. The Bertz CT molecular complexity index is 1050. The molecule has 12 heteroatoms. The molecule has 31 heavy (non-hydrogen) atoms. The van der Waals surface area contributed by atoms with Crippen LogP contribution in [0.2, 0.25) is 5.02 Å². The van der Waals surface area contributed by atoms with Crippen molar-refractivity contribution in [1.82, 2.24) is 16.2 Å². The maximum atomic E-state index is 12.1. The third-order valence-corrected chi connectivity index (χ3v) is 4.62. The Hall–Kier alpha value is -3.57. The molecular formula is C19H18ClN5O5S. The van der Waals surface area contributed by atoms with E-state index in [4.69, 9.17) is 23.8 Å². The van der Waals surface area contributed by atoms with Crippen molar-refractivity contribution >= 4 is 58.0 Å². The van der Waals surface area contributed by atoms with Gasteiger partial charge in [0.1, 0.15) is 5.56 Å². The summed E-state index contributed by atoms with van der Waals surface area (Å²) in [6, 6.07) is 10.4. The number of hydrazine groups is 1. The SMILES string of the molecule is Cc1c(Cl)cccc1NC(=O)CCC(=O)NNC(=S)NC(=O)c1ccccc1[N+](=O)[O-]. The number of benzene rings is 2. The van der Waals surface area contributed by atoms with Crippen LogP contribution < -0.4 is 21.5 Å². The van der Waals surface area contributed by atoms with Gasteiger partial charge in [-0.05, 0) is 42.9 Å². The number of thiocarbonyl (C=S) groups is 1. The number of hydrogen-bond donors (Lipinski definition) is 4. The summed E-state index contributed by atoms with van der Waals surface area (Å²) in [6.45, 7) is 1.76. The van der Waals surface area contributed by atoms with Crippen molar-refractivity contribution in [2.45, 2.75) is 19.8 Å². The van der Waals surface area contributed by atoms with Crippen LogP contribution in [0.15, 0.2) is 42.5 Å². The number of nitro benzene ring substituents is 1. The van der Waals surface area contributed by atoms with E-state index in [0.29, 0.717) is 16.3 Å². The lowest BCUT2D eigenvalue weighted by atomic mass is 10.1. The third kappa shape index (κ3) is 7.01. The average molecular weight is 464 g/mol. The molecule has 0 aliphatic heterocycles. The van der Waals surface area contributed by atoms with Gasteiger partial charge in [0.05, 0.1) is 4.92 Å². The molecule has 0 fully saturated rings. The van der Waals surface area contributed by atoms with Crippen LogP contribution in [0.3, 0.4) is 0 Å². The molecule has 10 nitrogen and oxygen atoms in total. The van der Waals surface area contributed by atoms with E-state index in [1.807, 2.05) is 0 Å². The Morgan fingerprint density at radius 1 is 1.03 bits per heavy atom. The molecular weight excluding hydrogens is 446 g/mol. The topological polar surface area (TPSA) is 142 Å². The minimum atomic E-state index is -0.810. The lowest BCUT2D eigenvalue weighted by Crippen LogP contribution is -2.48. The number of carbonyl (C=O) groups is 3. The summed E-state index contributed by atoms with van der Waals surface area (Å²) in [5.74, 6) is -1.75. The molecule has 0 aliphatic carbocycles. The van der Waals surface area contributed by atoms with Gasteiger partial charge in [-0.3, -0.25) is 40.7 Å². The summed E-state index contributed by atoms with van der Waals surface area (Å²) in [7, 11) is 0. The van der Waals surface area contributed by atoms with Gasteiger partial charge in [-0.2, -0.15) is 0 Å². The molecule has 4 N–H and O–H groups in total. The minimum absolute atomic E-state index is 0.102. The second-order valence-corrected chi connectivity index (χ2v) is 7.01. The van der Waals surface area contributed by atoms with Gasteiger partial charge >= 0.3 is 0 Å². The molecule has 0 aromatic heterocycles. The van der Waals surface area contributed by atoms with Gasteiger partial charge in [0.25, 0.3) is 11.6 Å². The zero-order valence-electron chi connectivity index (χ0n) is 16.2. The highest BCUT2D eigenvalue weighted by Gasteiger charge is 2.20. The average Bonchev–Trinajstić information content (AvgIpc) is 2.74. The summed E-state index contributed by atoms with van der Waals surface area (Å²) in [6.07, 6.45) is -0.256. The molecule has 0 spiro atoms. The van der Waals surface area contributed by atoms with Gasteiger partial charge in [0, 0.05) is 29.6 Å². The van der Waals surface area contributed by atoms with Crippen molar-refractivity contribution < 1.29 is 19.3 Å². The second kappa shape index (κ2) is 11.0. The molecule has 2 rings (SSSR count). The molecule has 0 saturated heterocycles. The van der Waals surface area contributed by atoms with Crippen LogP contribution in [0.4, 0.5) is 11.4 Å². The Kier molecular flexibility index (Phi) is 8.41. The number of hydrogen-bond acceptors (Lipinski definition) is 6. The van der Waals surface area contributed by atoms with Crippen LogP contribution in [0.5, 0.6) is 0 Å². The van der Waals surface area contributed by atoms with Crippen molar-refractivity contribution in [1.29, 1.82) is 0 Å². The van der Waals surface area contributed by atoms with Gasteiger partial charge in [0.2, 0.25) is 11.8 Å². The monoisotopic (exact) mass is 463 g/mol. The number of para-hydroxylation sites is 1. The van der Waals surface area contributed by atoms with Crippen molar-refractivity contribution in [3.63, 3.8) is 0 Å². The van der Waals surface area contributed by atoms with Crippen molar-refractivity contribution in [2.75, 3.05) is 5.32 Å². The fourth-order valence-electron chi connectivity index (χ4n) is 2.40. The van der Waals surface area contributed by atoms with E-state index in [2.05, 4.69) is 21.5 Å². The summed E-state index contributed by atoms with van der Waals surface area (Å²) in [5.41, 5.74) is 5.24. The number of carbonyl (C=O) groups excluding carboxylic acids is 3. The standard InChI is InChI=1S/C19H18ClN5O5S/c1-11-13(20)6-4-7-14(11)21-16(26)9-10-17(27)23-24-19(31)22-18(28)12-5-2-3-8-15(12)25(29)30/h2-8H,9-10H2,1H3,(H,21,26)(H,23,27)(H2,22,24,28,31). The summed E-state index contributed by atoms with van der Waals surface area (Å²) >= 11 is 10.9. The normalized spacial score (nSPS) is 10.0. The first-order valence-electron chi connectivity index (χ1n) is 8.87. The van der Waals surface area contributed by atoms with Crippen LogP contribution in [-0.4, -0.2) is 27.8 Å². The predicted molar refractivity (Wildman–Crippen MR) is 118 cm³/mol. The van der Waals surface area contributed by atoms with Crippen molar-refractivity contribution in [2.24, 2.45) is 0 Å². The maximum absolute atomic E-state index is 12.1. The van der Waals surface area contributed by atoms with E-state index in [-0.39, 0.29) is 35.1 Å². The van der Waals surface area contributed by atoms with Gasteiger partial charge < -0.3 is 5.32 Å². The zero-order valence-corrected chi connectivity index (χ0v) is 17.8. The predicted octanol–water partition coefficient (Wildman–Crippen LogP) is 2.61. The molecule has 0 aliphatic rings. The van der Waals surface area contributed by atoms with E-state index in [1.54, 1.807) is 25.1 Å². The van der Waals surface area contributed by atoms with Gasteiger partial charge in [-0.1, -0.05) is 29.8 Å². The van der Waals surface area contributed by atoms with E-state index >= 15 is 0 Å². The highest BCUT2D eigenvalue weighted by atomic mass is 35.5. The quantitative estimate of drug-likeness (QED) is 0.293. The minimum Gasteiger partial charge on any atom is -0.326 e. The van der Waals surface area contributed by atoms with Crippen LogP contribution in [0.1, 0.15) is 28.8 Å². The summed E-state index contributed by atoms with van der Waals surface area (Å²) < 4.78 is 0. The van der Waals surface area contributed by atoms with Gasteiger partial charge in [-0.25, -0.2) is 0 Å². The molecule has 3 amide bonds. The van der Waals surface area contributed by atoms with E-state index in [1.165, 1.54) is 24.3 Å². The van der Waals surface area contributed by atoms with E-state index < -0.39 is 16.7 Å². The Labute approximate surface area is 187 Å². The molecule has 0 saturated carbocycles. The first-order chi connectivity index (χ1) is 14.7. The van der Waals surface area contributed by atoms with Crippen LogP contribution >= 0.6 is 23.8 Å². The molecule has 2 aromatic carbocycles. The lowest BCUT2D eigenvalue weighted by Gasteiger charge is -2.11. The molecule has 2 aromatic rings. The van der Waals surface area contributed by atoms with Crippen LogP contribution in [-0.2, 0) is 9.59 Å². The van der Waals surface area contributed by atoms with Gasteiger partial charge in [-0.15, -0.1) is 0 Å². The number of halogens is 1.